The Kier molecular flexibility index (Phi) is 4.24. The Bertz CT molecular complexity index is 568. The molecule has 104 valence electrons. The van der Waals surface area contributed by atoms with Gasteiger partial charge in [-0.1, -0.05) is 6.07 Å². The topological polar surface area (TPSA) is 71.0 Å². The van der Waals surface area contributed by atoms with E-state index in [2.05, 4.69) is 20.5 Å². The Morgan fingerprint density at radius 3 is 2.60 bits per heavy atom. The van der Waals surface area contributed by atoms with Crippen LogP contribution in [0.3, 0.4) is 0 Å². The fourth-order valence-corrected chi connectivity index (χ4v) is 1.69. The van der Waals surface area contributed by atoms with E-state index >= 15 is 0 Å². The van der Waals surface area contributed by atoms with Crippen molar-refractivity contribution in [1.82, 2.24) is 20.1 Å². The number of carbonyl (C=O) groups is 1. The van der Waals surface area contributed by atoms with Crippen LogP contribution in [0.4, 0.5) is 5.82 Å². The van der Waals surface area contributed by atoms with Crippen molar-refractivity contribution in [3.05, 3.63) is 47.9 Å². The number of rotatable bonds is 4. The van der Waals surface area contributed by atoms with E-state index in [-0.39, 0.29) is 11.9 Å². The van der Waals surface area contributed by atoms with Gasteiger partial charge in [-0.15, -0.1) is 10.2 Å². The molecule has 0 aliphatic rings. The molecule has 1 N–H and O–H groups in total. The third-order valence-corrected chi connectivity index (χ3v) is 2.84. The van der Waals surface area contributed by atoms with Gasteiger partial charge in [0.2, 0.25) is 0 Å². The number of amides is 1. The number of hydrogen-bond acceptors (Lipinski definition) is 5. The zero-order chi connectivity index (χ0) is 14.5. The minimum absolute atomic E-state index is 0.0633. The molecule has 0 aromatic carbocycles. The predicted octanol–water partition coefficient (Wildman–Crippen LogP) is 1.75. The van der Waals surface area contributed by atoms with Gasteiger partial charge in [0.25, 0.3) is 5.91 Å². The van der Waals surface area contributed by atoms with Gasteiger partial charge in [0.1, 0.15) is 5.82 Å². The Labute approximate surface area is 117 Å². The van der Waals surface area contributed by atoms with Gasteiger partial charge in [-0.05, 0) is 30.7 Å². The molecule has 6 heteroatoms. The van der Waals surface area contributed by atoms with Crippen LogP contribution >= 0.6 is 0 Å². The molecule has 0 fully saturated rings. The molecule has 2 heterocycles. The Balaban J connectivity index is 2.06. The normalized spacial score (nSPS) is 11.8. The van der Waals surface area contributed by atoms with Crippen molar-refractivity contribution in [2.75, 3.05) is 19.4 Å². The first kappa shape index (κ1) is 13.9. The summed E-state index contributed by atoms with van der Waals surface area (Å²) in [5, 5.41) is 11.2. The van der Waals surface area contributed by atoms with Crippen molar-refractivity contribution in [2.24, 2.45) is 0 Å². The smallest absolute Gasteiger partial charge is 0.273 e. The van der Waals surface area contributed by atoms with Crippen molar-refractivity contribution in [3.8, 4) is 0 Å². The van der Waals surface area contributed by atoms with Crippen molar-refractivity contribution in [3.63, 3.8) is 0 Å². The summed E-state index contributed by atoms with van der Waals surface area (Å²) in [6.45, 7) is 2.01. The van der Waals surface area contributed by atoms with Crippen LogP contribution in [0.1, 0.15) is 29.0 Å². The average Bonchev–Trinajstić information content (AvgIpc) is 2.48. The van der Waals surface area contributed by atoms with E-state index in [0.717, 1.165) is 5.56 Å². The van der Waals surface area contributed by atoms with Crippen LogP contribution in [0.15, 0.2) is 36.7 Å². The molecule has 0 aliphatic carbocycles. The van der Waals surface area contributed by atoms with Crippen LogP contribution in [-0.2, 0) is 0 Å². The molecule has 0 saturated heterocycles. The summed E-state index contributed by atoms with van der Waals surface area (Å²) < 4.78 is 0. The minimum Gasteiger partial charge on any atom is -0.362 e. The van der Waals surface area contributed by atoms with Crippen LogP contribution in [0.5, 0.6) is 0 Å². The highest BCUT2D eigenvalue weighted by molar-refractivity contribution is 5.91. The molecule has 2 aromatic heterocycles. The van der Waals surface area contributed by atoms with Gasteiger partial charge in [0, 0.05) is 26.5 Å². The van der Waals surface area contributed by atoms with Gasteiger partial charge in [-0.2, -0.15) is 0 Å². The third-order valence-electron chi connectivity index (χ3n) is 2.84. The fourth-order valence-electron chi connectivity index (χ4n) is 1.69. The zero-order valence-corrected chi connectivity index (χ0v) is 11.7. The highest BCUT2D eigenvalue weighted by Gasteiger charge is 2.11. The van der Waals surface area contributed by atoms with Crippen molar-refractivity contribution in [1.29, 1.82) is 0 Å². The first-order valence-corrected chi connectivity index (χ1v) is 6.30. The summed E-state index contributed by atoms with van der Waals surface area (Å²) in [5.41, 5.74) is 1.39. The molecule has 6 nitrogen and oxygen atoms in total. The highest BCUT2D eigenvalue weighted by Crippen LogP contribution is 2.16. The number of nitrogens with one attached hydrogen (secondary N) is 1. The Morgan fingerprint density at radius 2 is 2.05 bits per heavy atom. The van der Waals surface area contributed by atoms with Gasteiger partial charge in [-0.3, -0.25) is 9.78 Å². The van der Waals surface area contributed by atoms with Crippen molar-refractivity contribution < 1.29 is 4.79 Å². The van der Waals surface area contributed by atoms with Gasteiger partial charge >= 0.3 is 0 Å². The average molecular weight is 271 g/mol. The van der Waals surface area contributed by atoms with Gasteiger partial charge in [0.15, 0.2) is 5.69 Å². The van der Waals surface area contributed by atoms with Gasteiger partial charge < -0.3 is 10.2 Å². The maximum atomic E-state index is 11.7. The number of pyridine rings is 1. The molecule has 0 spiro atoms. The zero-order valence-electron chi connectivity index (χ0n) is 11.7. The number of aromatic nitrogens is 3. The van der Waals surface area contributed by atoms with E-state index in [0.29, 0.717) is 11.5 Å². The monoisotopic (exact) mass is 271 g/mol. The summed E-state index contributed by atoms with van der Waals surface area (Å²) in [7, 11) is 3.36. The van der Waals surface area contributed by atoms with Crippen LogP contribution in [0, 0.1) is 0 Å². The summed E-state index contributed by atoms with van der Waals surface area (Å²) in [6, 6.07) is 7.35. The molecule has 20 heavy (non-hydrogen) atoms. The summed E-state index contributed by atoms with van der Waals surface area (Å²) in [5.74, 6) is 0.459. The first-order valence-electron chi connectivity index (χ1n) is 6.30. The standard InChI is InChI=1S/C14H17N5O/c1-10(11-5-4-8-15-9-11)16-13-7-6-12(17-18-13)14(20)19(2)3/h4-10H,1-3H3,(H,16,18). The fraction of sp³-hybridized carbons (Fsp3) is 0.286. The molecular weight excluding hydrogens is 254 g/mol. The molecular formula is C14H17N5O. The van der Waals surface area contributed by atoms with Crippen LogP contribution in [-0.4, -0.2) is 40.1 Å². The van der Waals surface area contributed by atoms with E-state index in [1.165, 1.54) is 4.90 Å². The lowest BCUT2D eigenvalue weighted by molar-refractivity contribution is 0.0821. The largest absolute Gasteiger partial charge is 0.362 e. The van der Waals surface area contributed by atoms with Gasteiger partial charge in [0.05, 0.1) is 6.04 Å². The van der Waals surface area contributed by atoms with Crippen LogP contribution < -0.4 is 5.32 Å². The lowest BCUT2D eigenvalue weighted by Crippen LogP contribution is -2.23. The number of anilines is 1. The lowest BCUT2D eigenvalue weighted by Gasteiger charge is -2.14. The second-order valence-electron chi connectivity index (χ2n) is 4.66. The summed E-state index contributed by atoms with van der Waals surface area (Å²) in [4.78, 5) is 17.2. The molecule has 0 radical (unpaired) electrons. The number of hydrogen-bond donors (Lipinski definition) is 1. The van der Waals surface area contributed by atoms with Gasteiger partial charge in [-0.25, -0.2) is 0 Å². The lowest BCUT2D eigenvalue weighted by atomic mass is 10.1. The summed E-state index contributed by atoms with van der Waals surface area (Å²) >= 11 is 0. The van der Waals surface area contributed by atoms with Crippen LogP contribution in [0.2, 0.25) is 0 Å². The van der Waals surface area contributed by atoms with E-state index in [9.17, 15) is 4.79 Å². The maximum absolute atomic E-state index is 11.7. The van der Waals surface area contributed by atoms with Crippen molar-refractivity contribution >= 4 is 11.7 Å². The molecule has 2 aromatic rings. The highest BCUT2D eigenvalue weighted by atomic mass is 16.2. The predicted molar refractivity (Wildman–Crippen MR) is 76.3 cm³/mol. The summed E-state index contributed by atoms with van der Waals surface area (Å²) in [6.07, 6.45) is 3.53. The molecule has 0 aliphatic heterocycles. The minimum atomic E-state index is -0.163. The van der Waals surface area contributed by atoms with Crippen molar-refractivity contribution in [2.45, 2.75) is 13.0 Å². The first-order chi connectivity index (χ1) is 9.58. The molecule has 1 unspecified atom stereocenters. The van der Waals surface area contributed by atoms with E-state index in [4.69, 9.17) is 0 Å². The maximum Gasteiger partial charge on any atom is 0.273 e. The number of nitrogens with zero attached hydrogens (tertiary/aromatic N) is 4. The van der Waals surface area contributed by atoms with E-state index in [1.54, 1.807) is 38.6 Å². The SMILES string of the molecule is CC(Nc1ccc(C(=O)N(C)C)nn1)c1cccnc1. The third kappa shape index (κ3) is 3.28. The Hall–Kier alpha value is -2.50. The molecule has 1 atom stereocenters. The van der Waals surface area contributed by atoms with Crippen LogP contribution in [0.25, 0.3) is 0 Å². The molecule has 0 bridgehead atoms. The second kappa shape index (κ2) is 6.10. The molecule has 2 rings (SSSR count). The number of carbonyl (C=O) groups excluding carboxylic acids is 1. The molecule has 0 saturated carbocycles. The molecule has 1 amide bonds. The quantitative estimate of drug-likeness (QED) is 0.917. The second-order valence-corrected chi connectivity index (χ2v) is 4.66. The van der Waals surface area contributed by atoms with E-state index in [1.807, 2.05) is 19.1 Å². The Morgan fingerprint density at radius 1 is 1.25 bits per heavy atom. The van der Waals surface area contributed by atoms with E-state index < -0.39 is 0 Å².